The summed E-state index contributed by atoms with van der Waals surface area (Å²) in [7, 11) is 0. The Kier molecular flexibility index (Phi) is 5.99. The highest BCUT2D eigenvalue weighted by atomic mass is 27.2. The van der Waals surface area contributed by atoms with E-state index in [-0.39, 0.29) is 10.6 Å². The molecular formula is C14H29AlO2. The lowest BCUT2D eigenvalue weighted by Gasteiger charge is -2.36. The molecule has 0 radical (unpaired) electrons. The van der Waals surface area contributed by atoms with Gasteiger partial charge < -0.3 is 9.47 Å². The van der Waals surface area contributed by atoms with Gasteiger partial charge in [-0.1, -0.05) is 63.9 Å². The Labute approximate surface area is 111 Å². The molecule has 1 rings (SSSR count). The van der Waals surface area contributed by atoms with Gasteiger partial charge >= 0.3 is 0 Å². The van der Waals surface area contributed by atoms with Crippen molar-refractivity contribution in [3.63, 3.8) is 0 Å². The molecule has 1 aliphatic heterocycles. The summed E-state index contributed by atoms with van der Waals surface area (Å²) in [6, 6.07) is 0. The topological polar surface area (TPSA) is 18.5 Å². The second-order valence-electron chi connectivity index (χ2n) is 6.85. The van der Waals surface area contributed by atoms with Crippen molar-refractivity contribution in [2.75, 3.05) is 13.2 Å². The van der Waals surface area contributed by atoms with Crippen LogP contribution in [0.1, 0.15) is 41.5 Å². The highest BCUT2D eigenvalue weighted by Gasteiger charge is 2.44. The van der Waals surface area contributed by atoms with Gasteiger partial charge in [0.1, 0.15) is 0 Å². The lowest BCUT2D eigenvalue weighted by molar-refractivity contribution is -0.0688. The molecule has 17 heavy (non-hydrogen) atoms. The molecule has 1 aliphatic rings. The molecule has 0 spiro atoms. The number of hydrogen-bond donors (Lipinski definition) is 0. The highest BCUT2D eigenvalue weighted by molar-refractivity contribution is 6.62. The molecule has 0 atom stereocenters. The Morgan fingerprint density at radius 3 is 1.76 bits per heavy atom. The van der Waals surface area contributed by atoms with E-state index in [1.807, 2.05) is 0 Å². The van der Waals surface area contributed by atoms with Crippen LogP contribution in [-0.2, 0) is 9.47 Å². The fourth-order valence-corrected chi connectivity index (χ4v) is 7.08. The number of hydrogen-bond acceptors (Lipinski definition) is 2. The largest absolute Gasteiger partial charge is 0.351 e. The summed E-state index contributed by atoms with van der Waals surface area (Å²) in [5, 5.41) is 2.79. The second kappa shape index (κ2) is 6.57. The van der Waals surface area contributed by atoms with Gasteiger partial charge in [-0.05, 0) is 4.28 Å². The van der Waals surface area contributed by atoms with E-state index in [0.717, 1.165) is 25.0 Å². The van der Waals surface area contributed by atoms with Crippen molar-refractivity contribution >= 4 is 14.1 Å². The normalized spacial score (nSPS) is 18.4. The molecule has 0 aliphatic carbocycles. The highest BCUT2D eigenvalue weighted by Crippen LogP contribution is 2.42. The van der Waals surface area contributed by atoms with E-state index >= 15 is 0 Å². The van der Waals surface area contributed by atoms with Gasteiger partial charge in [-0.25, -0.2) is 0 Å². The lowest BCUT2D eigenvalue weighted by atomic mass is 10.2. The second-order valence-corrected chi connectivity index (χ2v) is 10.7. The molecule has 0 bridgehead atoms. The van der Waals surface area contributed by atoms with E-state index in [4.69, 9.17) is 9.47 Å². The van der Waals surface area contributed by atoms with Crippen LogP contribution in [0.2, 0.25) is 14.8 Å². The van der Waals surface area contributed by atoms with E-state index in [2.05, 4.69) is 41.5 Å². The number of ether oxygens (including phenoxy) is 2. The molecule has 0 aromatic rings. The predicted octanol–water partition coefficient (Wildman–Crippen LogP) is 3.95. The maximum atomic E-state index is 5.77. The fourth-order valence-electron chi connectivity index (χ4n) is 2.82. The third-order valence-electron chi connectivity index (χ3n) is 3.79. The Morgan fingerprint density at radius 2 is 1.41 bits per heavy atom. The van der Waals surface area contributed by atoms with Crippen LogP contribution < -0.4 is 0 Å². The van der Waals surface area contributed by atoms with E-state index < -0.39 is 14.1 Å². The average Bonchev–Trinajstić information content (AvgIpc) is 2.68. The van der Waals surface area contributed by atoms with Crippen molar-refractivity contribution in [1.82, 2.24) is 0 Å². The zero-order valence-corrected chi connectivity index (χ0v) is 13.6. The first-order chi connectivity index (χ1) is 7.84. The Morgan fingerprint density at radius 1 is 1.00 bits per heavy atom. The van der Waals surface area contributed by atoms with Gasteiger partial charge in [0.25, 0.3) is 14.1 Å². The fraction of sp³-hybridized carbons (Fsp3) is 1.00. The van der Waals surface area contributed by atoms with Gasteiger partial charge in [-0.2, -0.15) is 0 Å². The van der Waals surface area contributed by atoms with Gasteiger partial charge in [0, 0.05) is 0 Å². The smallest absolute Gasteiger partial charge is 0.277 e. The molecule has 0 unspecified atom stereocenters. The van der Waals surface area contributed by atoms with Crippen molar-refractivity contribution in [3.8, 4) is 0 Å². The van der Waals surface area contributed by atoms with Crippen molar-refractivity contribution < 1.29 is 9.47 Å². The van der Waals surface area contributed by atoms with Crippen LogP contribution in [0.5, 0.6) is 0 Å². The first-order valence-electron chi connectivity index (χ1n) is 7.07. The van der Waals surface area contributed by atoms with Crippen molar-refractivity contribution in [2.45, 2.75) is 62.7 Å². The summed E-state index contributed by atoms with van der Waals surface area (Å²) in [4.78, 5) is 0. The molecular weight excluding hydrogens is 227 g/mol. The monoisotopic (exact) mass is 256 g/mol. The molecule has 0 amide bonds. The molecule has 0 aromatic heterocycles. The summed E-state index contributed by atoms with van der Waals surface area (Å²) in [5.41, 5.74) is 0. The van der Waals surface area contributed by atoms with Gasteiger partial charge in [-0.3, -0.25) is 0 Å². The molecule has 2 nitrogen and oxygen atoms in total. The van der Waals surface area contributed by atoms with Gasteiger partial charge in [0.05, 0.1) is 13.2 Å². The van der Waals surface area contributed by atoms with E-state index in [0.29, 0.717) is 0 Å². The minimum atomic E-state index is -0.862. The SMILES string of the molecule is CC(C)[CH2][Al]([CH2]C(C)C)[C](C)(C)C1OCCO1. The molecule has 1 heterocycles. The summed E-state index contributed by atoms with van der Waals surface area (Å²) in [6.07, 6.45) is 0.0525. The van der Waals surface area contributed by atoms with E-state index in [1.165, 1.54) is 10.6 Å². The third-order valence-corrected chi connectivity index (χ3v) is 9.19. The van der Waals surface area contributed by atoms with E-state index in [1.54, 1.807) is 0 Å². The predicted molar refractivity (Wildman–Crippen MR) is 74.8 cm³/mol. The Balaban J connectivity index is 2.71. The van der Waals surface area contributed by atoms with Crippen molar-refractivity contribution in [1.29, 1.82) is 0 Å². The average molecular weight is 256 g/mol. The van der Waals surface area contributed by atoms with E-state index in [9.17, 15) is 0 Å². The first kappa shape index (κ1) is 15.5. The first-order valence-corrected chi connectivity index (χ1v) is 9.28. The molecule has 3 heteroatoms. The van der Waals surface area contributed by atoms with Gasteiger partial charge in [0.15, 0.2) is 6.29 Å². The zero-order valence-electron chi connectivity index (χ0n) is 12.5. The molecule has 1 saturated heterocycles. The zero-order chi connectivity index (χ0) is 13.1. The standard InChI is InChI=1S/C6H11O2.2C4H9.Al/c1-5(2)6-7-3-4-8-6;2*1-4(2)3;/h6H,3-4H2,1-2H3;2*4H,1H2,2-3H3;. The lowest BCUT2D eigenvalue weighted by Crippen LogP contribution is -2.40. The van der Waals surface area contributed by atoms with Crippen LogP contribution in [0.3, 0.4) is 0 Å². The molecule has 0 aromatic carbocycles. The van der Waals surface area contributed by atoms with Crippen LogP contribution in [0, 0.1) is 11.8 Å². The van der Waals surface area contributed by atoms with Crippen molar-refractivity contribution in [3.05, 3.63) is 0 Å². The van der Waals surface area contributed by atoms with Gasteiger partial charge in [0.2, 0.25) is 0 Å². The maximum absolute atomic E-state index is 5.77. The van der Waals surface area contributed by atoms with Crippen LogP contribution in [0.4, 0.5) is 0 Å². The van der Waals surface area contributed by atoms with Crippen LogP contribution >= 0.6 is 0 Å². The Hall–Kier alpha value is 0.452. The minimum Gasteiger partial charge on any atom is -0.351 e. The summed E-state index contributed by atoms with van der Waals surface area (Å²) in [6.45, 7) is 15.6. The summed E-state index contributed by atoms with van der Waals surface area (Å²) < 4.78 is 11.8. The molecule has 100 valence electrons. The summed E-state index contributed by atoms with van der Waals surface area (Å²) in [5.74, 6) is 1.59. The third kappa shape index (κ3) is 4.56. The summed E-state index contributed by atoms with van der Waals surface area (Å²) >= 11 is -0.862. The number of rotatable bonds is 6. The van der Waals surface area contributed by atoms with Crippen LogP contribution in [0.25, 0.3) is 0 Å². The minimum absolute atomic E-state index is 0.0525. The Bertz CT molecular complexity index is 210. The quantitative estimate of drug-likeness (QED) is 0.670. The van der Waals surface area contributed by atoms with Crippen LogP contribution in [-0.4, -0.2) is 33.7 Å². The molecule has 0 saturated carbocycles. The maximum Gasteiger partial charge on any atom is 0.277 e. The molecule has 1 fully saturated rings. The van der Waals surface area contributed by atoms with Crippen molar-refractivity contribution in [2.24, 2.45) is 11.8 Å². The van der Waals surface area contributed by atoms with Crippen LogP contribution in [0.15, 0.2) is 0 Å². The molecule has 0 N–H and O–H groups in total. The van der Waals surface area contributed by atoms with Gasteiger partial charge in [-0.15, -0.1) is 0 Å².